The molecule has 16 heavy (non-hydrogen) atoms. The molecular weight excluding hydrogens is 209 g/mol. The van der Waals surface area contributed by atoms with Gasteiger partial charge in [0.1, 0.15) is 0 Å². The van der Waals surface area contributed by atoms with E-state index >= 15 is 0 Å². The van der Waals surface area contributed by atoms with Crippen molar-refractivity contribution < 1.29 is 14.2 Å². The molecule has 0 heterocycles. The van der Waals surface area contributed by atoms with Crippen molar-refractivity contribution >= 4 is 0 Å². The summed E-state index contributed by atoms with van der Waals surface area (Å²) >= 11 is 0. The molecule has 0 bridgehead atoms. The van der Waals surface area contributed by atoms with Gasteiger partial charge in [-0.2, -0.15) is 0 Å². The van der Waals surface area contributed by atoms with Gasteiger partial charge < -0.3 is 15.2 Å². The zero-order chi connectivity index (χ0) is 12.0. The van der Waals surface area contributed by atoms with Gasteiger partial charge in [-0.05, 0) is 37.6 Å². The van der Waals surface area contributed by atoms with Gasteiger partial charge in [0.15, 0.2) is 11.6 Å². The van der Waals surface area contributed by atoms with Gasteiger partial charge in [-0.15, -0.1) is 0 Å². The van der Waals surface area contributed by atoms with E-state index in [0.717, 1.165) is 18.5 Å². The number of aromatic hydroxyl groups is 1. The number of phenolic OH excluding ortho intramolecular Hbond substituents is 1. The molecule has 1 aromatic rings. The highest BCUT2D eigenvalue weighted by Crippen LogP contribution is 2.20. The highest BCUT2D eigenvalue weighted by molar-refractivity contribution is 5.29. The number of phenols is 1. The lowest BCUT2D eigenvalue weighted by atomic mass is 10.1. The van der Waals surface area contributed by atoms with Crippen molar-refractivity contribution in [2.75, 3.05) is 20.3 Å². The molecule has 1 atom stereocenters. The molecule has 0 radical (unpaired) electrons. The van der Waals surface area contributed by atoms with Crippen LogP contribution in [0.5, 0.6) is 5.75 Å². The summed E-state index contributed by atoms with van der Waals surface area (Å²) in [5.74, 6) is -0.890. The van der Waals surface area contributed by atoms with E-state index in [1.165, 1.54) is 12.1 Å². The Morgan fingerprint density at radius 1 is 1.50 bits per heavy atom. The lowest BCUT2D eigenvalue weighted by Gasteiger charge is -2.14. The zero-order valence-corrected chi connectivity index (χ0v) is 9.66. The first-order chi connectivity index (χ1) is 7.65. The quantitative estimate of drug-likeness (QED) is 0.732. The van der Waals surface area contributed by atoms with E-state index in [1.54, 1.807) is 13.2 Å². The van der Waals surface area contributed by atoms with Crippen LogP contribution in [-0.4, -0.2) is 25.4 Å². The highest BCUT2D eigenvalue weighted by Gasteiger charge is 2.07. The van der Waals surface area contributed by atoms with Crippen molar-refractivity contribution in [1.82, 2.24) is 5.32 Å². The maximum atomic E-state index is 13.1. The van der Waals surface area contributed by atoms with Crippen LogP contribution in [0.15, 0.2) is 18.2 Å². The molecule has 1 aromatic carbocycles. The smallest absolute Gasteiger partial charge is 0.165 e. The Hall–Kier alpha value is -1.13. The fourth-order valence-electron chi connectivity index (χ4n) is 1.45. The van der Waals surface area contributed by atoms with Gasteiger partial charge in [0.25, 0.3) is 0 Å². The first-order valence-corrected chi connectivity index (χ1v) is 5.36. The van der Waals surface area contributed by atoms with Crippen LogP contribution in [-0.2, 0) is 4.74 Å². The van der Waals surface area contributed by atoms with Gasteiger partial charge in [0, 0.05) is 19.8 Å². The minimum absolute atomic E-state index is 0.0620. The Morgan fingerprint density at radius 3 is 2.88 bits per heavy atom. The van der Waals surface area contributed by atoms with Crippen molar-refractivity contribution in [3.8, 4) is 5.75 Å². The van der Waals surface area contributed by atoms with E-state index in [4.69, 9.17) is 9.84 Å². The molecule has 0 aliphatic heterocycles. The standard InChI is InChI=1S/C12H18FNO2/c1-9(14-6-3-7-16-2)10-4-5-12(15)11(13)8-10/h4-5,8-9,14-15H,3,6-7H2,1-2H3/t9-/m0/s1. The fraction of sp³-hybridized carbons (Fsp3) is 0.500. The average molecular weight is 227 g/mol. The summed E-state index contributed by atoms with van der Waals surface area (Å²) < 4.78 is 18.0. The molecule has 2 N–H and O–H groups in total. The Morgan fingerprint density at radius 2 is 2.25 bits per heavy atom. The fourth-order valence-corrected chi connectivity index (χ4v) is 1.45. The molecule has 0 spiro atoms. The average Bonchev–Trinajstić information content (AvgIpc) is 2.28. The van der Waals surface area contributed by atoms with Crippen LogP contribution in [0.25, 0.3) is 0 Å². The summed E-state index contributed by atoms with van der Waals surface area (Å²) in [6, 6.07) is 4.50. The first-order valence-electron chi connectivity index (χ1n) is 5.36. The van der Waals surface area contributed by atoms with E-state index in [2.05, 4.69) is 5.32 Å². The van der Waals surface area contributed by atoms with Gasteiger partial charge in [0.05, 0.1) is 0 Å². The maximum Gasteiger partial charge on any atom is 0.165 e. The third-order valence-electron chi connectivity index (χ3n) is 2.45. The number of hydrogen-bond acceptors (Lipinski definition) is 3. The molecular formula is C12H18FNO2. The third kappa shape index (κ3) is 3.79. The summed E-state index contributed by atoms with van der Waals surface area (Å²) in [5.41, 5.74) is 0.827. The van der Waals surface area contributed by atoms with Crippen molar-refractivity contribution in [3.63, 3.8) is 0 Å². The van der Waals surface area contributed by atoms with Crippen LogP contribution in [0.3, 0.4) is 0 Å². The second-order valence-electron chi connectivity index (χ2n) is 3.73. The molecule has 0 aromatic heterocycles. The second kappa shape index (κ2) is 6.45. The minimum Gasteiger partial charge on any atom is -0.505 e. The molecule has 0 unspecified atom stereocenters. The number of methoxy groups -OCH3 is 1. The molecule has 0 saturated heterocycles. The summed E-state index contributed by atoms with van der Waals surface area (Å²) in [6.07, 6.45) is 0.918. The highest BCUT2D eigenvalue weighted by atomic mass is 19.1. The van der Waals surface area contributed by atoms with Crippen LogP contribution < -0.4 is 5.32 Å². The molecule has 0 aliphatic rings. The van der Waals surface area contributed by atoms with E-state index in [9.17, 15) is 4.39 Å². The number of ether oxygens (including phenoxy) is 1. The van der Waals surface area contributed by atoms with Crippen molar-refractivity contribution in [3.05, 3.63) is 29.6 Å². The van der Waals surface area contributed by atoms with Crippen LogP contribution in [0, 0.1) is 5.82 Å². The maximum absolute atomic E-state index is 13.1. The number of benzene rings is 1. The number of hydrogen-bond donors (Lipinski definition) is 2. The number of rotatable bonds is 6. The molecule has 1 rings (SSSR count). The number of nitrogens with one attached hydrogen (secondary N) is 1. The lowest BCUT2D eigenvalue weighted by Crippen LogP contribution is -2.20. The van der Waals surface area contributed by atoms with Crippen LogP contribution in [0.2, 0.25) is 0 Å². The van der Waals surface area contributed by atoms with Crippen molar-refractivity contribution in [2.24, 2.45) is 0 Å². The largest absolute Gasteiger partial charge is 0.505 e. The predicted octanol–water partition coefficient (Wildman–Crippen LogP) is 2.22. The normalized spacial score (nSPS) is 12.7. The summed E-state index contributed by atoms with van der Waals surface area (Å²) in [6.45, 7) is 3.49. The minimum atomic E-state index is -0.581. The monoisotopic (exact) mass is 227 g/mol. The summed E-state index contributed by atoms with van der Waals surface area (Å²) in [7, 11) is 1.67. The molecule has 0 amide bonds. The molecule has 0 fully saturated rings. The molecule has 0 saturated carbocycles. The summed E-state index contributed by atoms with van der Waals surface area (Å²) in [4.78, 5) is 0. The molecule has 90 valence electrons. The zero-order valence-electron chi connectivity index (χ0n) is 9.66. The van der Waals surface area contributed by atoms with E-state index < -0.39 is 5.82 Å². The Balaban J connectivity index is 2.46. The SMILES string of the molecule is COCCCN[C@@H](C)c1ccc(O)c(F)c1. The van der Waals surface area contributed by atoms with E-state index in [-0.39, 0.29) is 11.8 Å². The van der Waals surface area contributed by atoms with Gasteiger partial charge in [-0.25, -0.2) is 4.39 Å². The van der Waals surface area contributed by atoms with Crippen LogP contribution in [0.1, 0.15) is 24.9 Å². The predicted molar refractivity (Wildman–Crippen MR) is 61.0 cm³/mol. The van der Waals surface area contributed by atoms with E-state index in [0.29, 0.717) is 6.61 Å². The van der Waals surface area contributed by atoms with Gasteiger partial charge in [0.2, 0.25) is 0 Å². The van der Waals surface area contributed by atoms with Crippen molar-refractivity contribution in [2.45, 2.75) is 19.4 Å². The molecule has 3 nitrogen and oxygen atoms in total. The molecule has 4 heteroatoms. The summed E-state index contributed by atoms with van der Waals surface area (Å²) in [5, 5.41) is 12.3. The van der Waals surface area contributed by atoms with Gasteiger partial charge >= 0.3 is 0 Å². The molecule has 0 aliphatic carbocycles. The van der Waals surface area contributed by atoms with Crippen LogP contribution in [0.4, 0.5) is 4.39 Å². The topological polar surface area (TPSA) is 41.5 Å². The third-order valence-corrected chi connectivity index (χ3v) is 2.45. The Bertz CT molecular complexity index is 331. The lowest BCUT2D eigenvalue weighted by molar-refractivity contribution is 0.193. The van der Waals surface area contributed by atoms with Crippen LogP contribution >= 0.6 is 0 Å². The van der Waals surface area contributed by atoms with Gasteiger partial charge in [-0.3, -0.25) is 0 Å². The second-order valence-corrected chi connectivity index (χ2v) is 3.73. The Kier molecular flexibility index (Phi) is 5.22. The Labute approximate surface area is 95.2 Å². The van der Waals surface area contributed by atoms with E-state index in [1.807, 2.05) is 6.92 Å². The van der Waals surface area contributed by atoms with Gasteiger partial charge in [-0.1, -0.05) is 6.07 Å². The number of halogens is 1. The first kappa shape index (κ1) is 12.9. The van der Waals surface area contributed by atoms with Crippen molar-refractivity contribution in [1.29, 1.82) is 0 Å².